The number of hydrogen-bond donors (Lipinski definition) is 0. The van der Waals surface area contributed by atoms with E-state index >= 15 is 0 Å². The molecule has 1 aliphatic rings. The molecule has 2 heterocycles. The summed E-state index contributed by atoms with van der Waals surface area (Å²) in [5.41, 5.74) is 0. The molecule has 1 aliphatic heterocycles. The third kappa shape index (κ3) is 2.71. The van der Waals surface area contributed by atoms with E-state index in [9.17, 15) is 0 Å². The van der Waals surface area contributed by atoms with Crippen molar-refractivity contribution in [3.05, 3.63) is 10.6 Å². The van der Waals surface area contributed by atoms with E-state index in [2.05, 4.69) is 26.1 Å². The van der Waals surface area contributed by atoms with Crippen molar-refractivity contribution in [2.24, 2.45) is 5.92 Å². The maximum absolute atomic E-state index is 4.85. The standard InChI is InChI=1S/C8H11BrN2OS/c9-8-10-7(11-12-8)4-6-2-1-3-13-5-6/h6H,1-5H2. The second-order valence-corrected chi connectivity index (χ2v) is 5.08. The van der Waals surface area contributed by atoms with Gasteiger partial charge in [-0.15, -0.1) is 0 Å². The normalized spacial score (nSPS) is 23.3. The lowest BCUT2D eigenvalue weighted by atomic mass is 10.0. The molecule has 0 N–H and O–H groups in total. The van der Waals surface area contributed by atoms with Crippen molar-refractivity contribution in [2.45, 2.75) is 19.3 Å². The van der Waals surface area contributed by atoms with Gasteiger partial charge in [-0.05, 0) is 30.3 Å². The molecule has 5 heteroatoms. The van der Waals surface area contributed by atoms with Gasteiger partial charge in [-0.1, -0.05) is 5.16 Å². The Balaban J connectivity index is 1.89. The zero-order valence-corrected chi connectivity index (χ0v) is 9.60. The average Bonchev–Trinajstić information content (AvgIpc) is 2.53. The van der Waals surface area contributed by atoms with Crippen LogP contribution in [-0.4, -0.2) is 21.6 Å². The molecule has 0 spiro atoms. The minimum Gasteiger partial charge on any atom is -0.327 e. The van der Waals surface area contributed by atoms with Crippen molar-refractivity contribution in [1.82, 2.24) is 10.1 Å². The fourth-order valence-corrected chi connectivity index (χ4v) is 2.97. The second-order valence-electron chi connectivity index (χ2n) is 3.25. The summed E-state index contributed by atoms with van der Waals surface area (Å²) in [5.74, 6) is 4.13. The third-order valence-corrected chi connectivity index (χ3v) is 3.78. The van der Waals surface area contributed by atoms with Gasteiger partial charge in [0.25, 0.3) is 4.80 Å². The highest BCUT2D eigenvalue weighted by Crippen LogP contribution is 2.25. The number of halogens is 1. The van der Waals surface area contributed by atoms with Crippen LogP contribution in [0.1, 0.15) is 18.7 Å². The summed E-state index contributed by atoms with van der Waals surface area (Å²) in [7, 11) is 0. The summed E-state index contributed by atoms with van der Waals surface area (Å²) in [6.07, 6.45) is 3.59. The summed E-state index contributed by atoms with van der Waals surface area (Å²) in [4.78, 5) is 4.63. The second kappa shape index (κ2) is 4.46. The first kappa shape index (κ1) is 9.52. The van der Waals surface area contributed by atoms with Gasteiger partial charge >= 0.3 is 0 Å². The Bertz CT molecular complexity index is 273. The van der Waals surface area contributed by atoms with Crippen LogP contribution < -0.4 is 0 Å². The molecule has 1 aromatic heterocycles. The van der Waals surface area contributed by atoms with Gasteiger partial charge in [0.05, 0.1) is 0 Å². The topological polar surface area (TPSA) is 38.9 Å². The molecule has 72 valence electrons. The molecule has 1 fully saturated rings. The van der Waals surface area contributed by atoms with E-state index in [4.69, 9.17) is 4.52 Å². The molecule has 0 saturated carbocycles. The van der Waals surface area contributed by atoms with Crippen LogP contribution >= 0.6 is 27.7 Å². The highest BCUT2D eigenvalue weighted by molar-refractivity contribution is 9.10. The zero-order valence-electron chi connectivity index (χ0n) is 7.20. The van der Waals surface area contributed by atoms with Crippen molar-refractivity contribution in [2.75, 3.05) is 11.5 Å². The first-order valence-corrected chi connectivity index (χ1v) is 6.35. The minimum atomic E-state index is 0.492. The number of hydrogen-bond acceptors (Lipinski definition) is 4. The van der Waals surface area contributed by atoms with Gasteiger partial charge in [-0.3, -0.25) is 0 Å². The Morgan fingerprint density at radius 2 is 2.54 bits per heavy atom. The van der Waals surface area contributed by atoms with Crippen LogP contribution in [0, 0.1) is 5.92 Å². The number of aromatic nitrogens is 2. The van der Waals surface area contributed by atoms with Gasteiger partial charge in [0.1, 0.15) is 0 Å². The van der Waals surface area contributed by atoms with Crippen LogP contribution in [0.4, 0.5) is 0 Å². The van der Waals surface area contributed by atoms with Crippen molar-refractivity contribution in [3.8, 4) is 0 Å². The van der Waals surface area contributed by atoms with Gasteiger partial charge in [0, 0.05) is 22.4 Å². The molecular formula is C8H11BrN2OS. The lowest BCUT2D eigenvalue weighted by Gasteiger charge is -2.19. The Morgan fingerprint density at radius 3 is 3.15 bits per heavy atom. The van der Waals surface area contributed by atoms with Crippen molar-refractivity contribution < 1.29 is 4.52 Å². The molecule has 2 rings (SSSR count). The Labute approximate surface area is 89.8 Å². The molecule has 0 amide bonds. The minimum absolute atomic E-state index is 0.492. The first-order chi connectivity index (χ1) is 6.34. The van der Waals surface area contributed by atoms with Crippen LogP contribution in [0.3, 0.4) is 0 Å². The Morgan fingerprint density at radius 1 is 1.62 bits per heavy atom. The highest BCUT2D eigenvalue weighted by Gasteiger charge is 2.16. The van der Waals surface area contributed by atoms with Crippen molar-refractivity contribution >= 4 is 27.7 Å². The van der Waals surface area contributed by atoms with Gasteiger partial charge in [0.15, 0.2) is 5.82 Å². The van der Waals surface area contributed by atoms with Crippen LogP contribution in [0.25, 0.3) is 0 Å². The third-order valence-electron chi connectivity index (χ3n) is 2.17. The van der Waals surface area contributed by atoms with Crippen LogP contribution in [0.2, 0.25) is 0 Å². The molecule has 1 atom stereocenters. The summed E-state index contributed by atoms with van der Waals surface area (Å²) in [6.45, 7) is 0. The lowest BCUT2D eigenvalue weighted by Crippen LogP contribution is -2.13. The number of rotatable bonds is 2. The van der Waals surface area contributed by atoms with E-state index in [1.54, 1.807) is 0 Å². The zero-order chi connectivity index (χ0) is 9.10. The predicted octanol–water partition coefficient (Wildman–Crippen LogP) is 2.52. The van der Waals surface area contributed by atoms with E-state index in [1.165, 1.54) is 24.3 Å². The predicted molar refractivity (Wildman–Crippen MR) is 55.8 cm³/mol. The summed E-state index contributed by atoms with van der Waals surface area (Å²) in [5, 5.41) is 3.87. The fourth-order valence-electron chi connectivity index (χ4n) is 1.54. The van der Waals surface area contributed by atoms with Gasteiger partial charge < -0.3 is 4.52 Å². The van der Waals surface area contributed by atoms with Gasteiger partial charge in [0.2, 0.25) is 0 Å². The summed E-state index contributed by atoms with van der Waals surface area (Å²) < 4.78 is 4.85. The first-order valence-electron chi connectivity index (χ1n) is 4.40. The molecule has 0 bridgehead atoms. The summed E-state index contributed by atoms with van der Waals surface area (Å²) >= 11 is 5.18. The lowest BCUT2D eigenvalue weighted by molar-refractivity contribution is 0.384. The molecule has 1 saturated heterocycles. The fraction of sp³-hybridized carbons (Fsp3) is 0.750. The van der Waals surface area contributed by atoms with Crippen molar-refractivity contribution in [1.29, 1.82) is 0 Å². The average molecular weight is 263 g/mol. The monoisotopic (exact) mass is 262 g/mol. The number of thioether (sulfide) groups is 1. The molecule has 0 aliphatic carbocycles. The molecular weight excluding hydrogens is 252 g/mol. The SMILES string of the molecule is Brc1nc(CC2CCCSC2)no1. The quantitative estimate of drug-likeness (QED) is 0.821. The Kier molecular flexibility index (Phi) is 3.27. The smallest absolute Gasteiger partial charge is 0.293 e. The Hall–Kier alpha value is -0.0300. The van der Waals surface area contributed by atoms with Crippen molar-refractivity contribution in [3.63, 3.8) is 0 Å². The highest BCUT2D eigenvalue weighted by atomic mass is 79.9. The summed E-state index contributed by atoms with van der Waals surface area (Å²) in [6, 6.07) is 0. The van der Waals surface area contributed by atoms with E-state index in [0.717, 1.165) is 18.2 Å². The van der Waals surface area contributed by atoms with E-state index in [-0.39, 0.29) is 0 Å². The van der Waals surface area contributed by atoms with E-state index in [0.29, 0.717) is 4.80 Å². The van der Waals surface area contributed by atoms with Crippen LogP contribution in [0.15, 0.2) is 9.32 Å². The van der Waals surface area contributed by atoms with Crippen LogP contribution in [0.5, 0.6) is 0 Å². The van der Waals surface area contributed by atoms with E-state index in [1.807, 2.05) is 11.8 Å². The largest absolute Gasteiger partial charge is 0.327 e. The van der Waals surface area contributed by atoms with Crippen LogP contribution in [-0.2, 0) is 6.42 Å². The molecule has 13 heavy (non-hydrogen) atoms. The molecule has 0 aromatic carbocycles. The van der Waals surface area contributed by atoms with Gasteiger partial charge in [-0.25, -0.2) is 0 Å². The maximum atomic E-state index is 4.85. The molecule has 0 radical (unpaired) electrons. The number of nitrogens with zero attached hydrogens (tertiary/aromatic N) is 2. The molecule has 3 nitrogen and oxygen atoms in total. The molecule has 1 aromatic rings. The van der Waals surface area contributed by atoms with Gasteiger partial charge in [-0.2, -0.15) is 16.7 Å². The van der Waals surface area contributed by atoms with E-state index < -0.39 is 0 Å². The maximum Gasteiger partial charge on any atom is 0.293 e. The molecule has 1 unspecified atom stereocenters.